The van der Waals surface area contributed by atoms with Crippen LogP contribution in [0.1, 0.15) is 10.4 Å². The van der Waals surface area contributed by atoms with Gasteiger partial charge in [-0.25, -0.2) is 4.39 Å². The topological polar surface area (TPSA) is 55.1 Å². The van der Waals surface area contributed by atoms with Gasteiger partial charge in [0, 0.05) is 16.3 Å². The largest absolute Gasteiger partial charge is 0.399 e. The second kappa shape index (κ2) is 5.47. The Morgan fingerprint density at radius 1 is 1.21 bits per heavy atom. The Morgan fingerprint density at radius 3 is 2.58 bits per heavy atom. The van der Waals surface area contributed by atoms with E-state index < -0.39 is 11.7 Å². The number of benzene rings is 2. The number of halogens is 3. The molecule has 19 heavy (non-hydrogen) atoms. The predicted octanol–water partition coefficient (Wildman–Crippen LogP) is 3.97. The first-order valence-electron chi connectivity index (χ1n) is 5.29. The normalized spacial score (nSPS) is 10.3. The lowest BCUT2D eigenvalue weighted by Gasteiger charge is -2.09. The van der Waals surface area contributed by atoms with Crippen LogP contribution >= 0.6 is 23.2 Å². The van der Waals surface area contributed by atoms with E-state index in [4.69, 9.17) is 28.9 Å². The summed E-state index contributed by atoms with van der Waals surface area (Å²) in [6.45, 7) is 0. The Hall–Kier alpha value is -1.78. The molecule has 0 unspecified atom stereocenters. The average molecular weight is 299 g/mol. The molecule has 0 heterocycles. The molecule has 0 fully saturated rings. The summed E-state index contributed by atoms with van der Waals surface area (Å²) in [7, 11) is 0. The summed E-state index contributed by atoms with van der Waals surface area (Å²) < 4.78 is 13.5. The van der Waals surface area contributed by atoms with E-state index in [-0.39, 0.29) is 16.3 Å². The van der Waals surface area contributed by atoms with E-state index in [0.717, 1.165) is 0 Å². The number of carbonyl (C=O) groups excluding carboxylic acids is 1. The van der Waals surface area contributed by atoms with Gasteiger partial charge in [-0.3, -0.25) is 4.79 Å². The van der Waals surface area contributed by atoms with Crippen LogP contribution in [0.3, 0.4) is 0 Å². The van der Waals surface area contributed by atoms with E-state index in [1.807, 2.05) is 0 Å². The van der Waals surface area contributed by atoms with Crippen LogP contribution in [0, 0.1) is 5.82 Å². The first-order chi connectivity index (χ1) is 8.97. The van der Waals surface area contributed by atoms with Crippen molar-refractivity contribution in [3.63, 3.8) is 0 Å². The summed E-state index contributed by atoms with van der Waals surface area (Å²) in [5.74, 6) is -1.16. The third-order valence-corrected chi connectivity index (χ3v) is 2.92. The predicted molar refractivity (Wildman–Crippen MR) is 75.2 cm³/mol. The van der Waals surface area contributed by atoms with Gasteiger partial charge in [-0.2, -0.15) is 0 Å². The summed E-state index contributed by atoms with van der Waals surface area (Å²) >= 11 is 11.6. The standard InChI is InChI=1S/C13H9Cl2FN2O/c14-8-4-7(5-9(17)6-8)13(19)18-12-10(15)2-1-3-11(12)16/h1-6H,17H2,(H,18,19). The maximum absolute atomic E-state index is 13.5. The van der Waals surface area contributed by atoms with Crippen molar-refractivity contribution in [1.29, 1.82) is 0 Å². The number of para-hydroxylation sites is 1. The fourth-order valence-corrected chi connectivity index (χ4v) is 2.00. The van der Waals surface area contributed by atoms with Crippen molar-refractivity contribution in [3.05, 3.63) is 57.8 Å². The molecule has 6 heteroatoms. The highest BCUT2D eigenvalue weighted by Gasteiger charge is 2.13. The minimum absolute atomic E-state index is 0.0762. The molecule has 3 N–H and O–H groups in total. The van der Waals surface area contributed by atoms with E-state index in [0.29, 0.717) is 10.7 Å². The lowest BCUT2D eigenvalue weighted by atomic mass is 10.2. The first kappa shape index (κ1) is 13.6. The molecule has 3 nitrogen and oxygen atoms in total. The van der Waals surface area contributed by atoms with Crippen LogP contribution in [-0.4, -0.2) is 5.91 Å². The zero-order valence-electron chi connectivity index (χ0n) is 9.58. The van der Waals surface area contributed by atoms with Crippen LogP contribution in [0.2, 0.25) is 10.0 Å². The van der Waals surface area contributed by atoms with Crippen molar-refractivity contribution in [2.75, 3.05) is 11.1 Å². The Morgan fingerprint density at radius 2 is 1.95 bits per heavy atom. The third kappa shape index (κ3) is 3.16. The number of anilines is 2. The SMILES string of the molecule is Nc1cc(Cl)cc(C(=O)Nc2c(F)cccc2Cl)c1. The lowest BCUT2D eigenvalue weighted by molar-refractivity contribution is 0.102. The summed E-state index contributed by atoms with van der Waals surface area (Å²) in [6.07, 6.45) is 0. The number of amides is 1. The van der Waals surface area contributed by atoms with Crippen molar-refractivity contribution < 1.29 is 9.18 Å². The number of carbonyl (C=O) groups is 1. The fourth-order valence-electron chi connectivity index (χ4n) is 1.55. The molecule has 0 aromatic heterocycles. The fraction of sp³-hybridized carbons (Fsp3) is 0. The minimum Gasteiger partial charge on any atom is -0.399 e. The summed E-state index contributed by atoms with van der Waals surface area (Å²) in [4.78, 5) is 12.0. The van der Waals surface area contributed by atoms with E-state index in [1.54, 1.807) is 0 Å². The maximum atomic E-state index is 13.5. The van der Waals surface area contributed by atoms with Crippen LogP contribution in [0.5, 0.6) is 0 Å². The molecule has 2 rings (SSSR count). The number of nitrogens with one attached hydrogen (secondary N) is 1. The molecule has 0 radical (unpaired) electrons. The van der Waals surface area contributed by atoms with Crippen molar-refractivity contribution >= 4 is 40.5 Å². The van der Waals surface area contributed by atoms with Gasteiger partial charge >= 0.3 is 0 Å². The maximum Gasteiger partial charge on any atom is 0.255 e. The van der Waals surface area contributed by atoms with Gasteiger partial charge in [-0.1, -0.05) is 29.3 Å². The van der Waals surface area contributed by atoms with E-state index in [1.165, 1.54) is 36.4 Å². The quantitative estimate of drug-likeness (QED) is 0.824. The molecule has 0 aliphatic rings. The van der Waals surface area contributed by atoms with Gasteiger partial charge in [-0.05, 0) is 30.3 Å². The van der Waals surface area contributed by atoms with E-state index in [2.05, 4.69) is 5.32 Å². The average Bonchev–Trinajstić information content (AvgIpc) is 2.32. The zero-order valence-corrected chi connectivity index (χ0v) is 11.1. The van der Waals surface area contributed by atoms with Crippen LogP contribution in [0.25, 0.3) is 0 Å². The van der Waals surface area contributed by atoms with Crippen molar-refractivity contribution in [2.24, 2.45) is 0 Å². The molecule has 2 aromatic rings. The molecule has 0 spiro atoms. The van der Waals surface area contributed by atoms with Gasteiger partial charge in [0.15, 0.2) is 0 Å². The van der Waals surface area contributed by atoms with Gasteiger partial charge in [0.05, 0.1) is 10.7 Å². The van der Waals surface area contributed by atoms with Gasteiger partial charge < -0.3 is 11.1 Å². The van der Waals surface area contributed by atoms with Gasteiger partial charge in [0.1, 0.15) is 5.82 Å². The smallest absolute Gasteiger partial charge is 0.255 e. The Kier molecular flexibility index (Phi) is 3.93. The molecule has 0 atom stereocenters. The van der Waals surface area contributed by atoms with E-state index >= 15 is 0 Å². The molecule has 0 saturated heterocycles. The van der Waals surface area contributed by atoms with E-state index in [9.17, 15) is 9.18 Å². The molecule has 0 saturated carbocycles. The number of hydrogen-bond acceptors (Lipinski definition) is 2. The molecule has 98 valence electrons. The molecule has 2 aromatic carbocycles. The lowest BCUT2D eigenvalue weighted by Crippen LogP contribution is -2.13. The summed E-state index contributed by atoms with van der Waals surface area (Å²) in [5.41, 5.74) is 6.08. The molecule has 0 aliphatic carbocycles. The number of rotatable bonds is 2. The van der Waals surface area contributed by atoms with Crippen LogP contribution in [0.4, 0.5) is 15.8 Å². The number of nitrogen functional groups attached to an aromatic ring is 1. The van der Waals surface area contributed by atoms with Crippen LogP contribution in [0.15, 0.2) is 36.4 Å². The summed E-state index contributed by atoms with van der Waals surface area (Å²) in [6, 6.07) is 8.51. The van der Waals surface area contributed by atoms with Crippen molar-refractivity contribution in [3.8, 4) is 0 Å². The van der Waals surface area contributed by atoms with Gasteiger partial charge in [-0.15, -0.1) is 0 Å². The zero-order chi connectivity index (χ0) is 14.0. The summed E-state index contributed by atoms with van der Waals surface area (Å²) in [5, 5.41) is 2.83. The van der Waals surface area contributed by atoms with Crippen molar-refractivity contribution in [1.82, 2.24) is 0 Å². The Balaban J connectivity index is 2.31. The third-order valence-electron chi connectivity index (χ3n) is 2.38. The molecular formula is C13H9Cl2FN2O. The monoisotopic (exact) mass is 298 g/mol. The highest BCUT2D eigenvalue weighted by molar-refractivity contribution is 6.34. The number of nitrogens with two attached hydrogens (primary N) is 1. The Labute approximate surface area is 119 Å². The number of hydrogen-bond donors (Lipinski definition) is 2. The molecule has 0 bridgehead atoms. The second-order valence-corrected chi connectivity index (χ2v) is 4.67. The molecule has 1 amide bonds. The Bertz CT molecular complexity index is 606. The van der Waals surface area contributed by atoms with Crippen LogP contribution in [-0.2, 0) is 0 Å². The molecular weight excluding hydrogens is 290 g/mol. The van der Waals surface area contributed by atoms with Gasteiger partial charge in [0.2, 0.25) is 0 Å². The molecule has 0 aliphatic heterocycles. The highest BCUT2D eigenvalue weighted by atomic mass is 35.5. The minimum atomic E-state index is -0.615. The van der Waals surface area contributed by atoms with Gasteiger partial charge in [0.25, 0.3) is 5.91 Å². The van der Waals surface area contributed by atoms with Crippen LogP contribution < -0.4 is 11.1 Å². The highest BCUT2D eigenvalue weighted by Crippen LogP contribution is 2.25. The second-order valence-electron chi connectivity index (χ2n) is 3.82. The van der Waals surface area contributed by atoms with Crippen molar-refractivity contribution in [2.45, 2.75) is 0 Å². The first-order valence-corrected chi connectivity index (χ1v) is 6.04.